The molecule has 5 nitrogen and oxygen atoms in total. The van der Waals surface area contributed by atoms with Crippen molar-refractivity contribution in [3.05, 3.63) is 70.8 Å². The molecule has 0 spiro atoms. The van der Waals surface area contributed by atoms with Crippen molar-refractivity contribution in [3.8, 4) is 0 Å². The summed E-state index contributed by atoms with van der Waals surface area (Å²) in [7, 11) is 0. The van der Waals surface area contributed by atoms with Crippen LogP contribution in [0.25, 0.3) is 12.2 Å². The van der Waals surface area contributed by atoms with Gasteiger partial charge < -0.3 is 5.73 Å². The lowest BCUT2D eigenvalue weighted by molar-refractivity contribution is -0.133. The molecule has 1 saturated heterocycles. The molecule has 184 valence electrons. The Morgan fingerprint density at radius 3 is 2.20 bits per heavy atom. The molecule has 0 unspecified atom stereocenters. The molecule has 2 fully saturated rings. The zero-order chi connectivity index (χ0) is 24.2. The number of carbonyl (C=O) groups excluding carboxylic acids is 2. The molecule has 35 heavy (non-hydrogen) atoms. The van der Waals surface area contributed by atoms with Gasteiger partial charge >= 0.3 is 0 Å². The van der Waals surface area contributed by atoms with Crippen molar-refractivity contribution in [1.29, 1.82) is 0 Å². The number of imide groups is 1. The van der Waals surface area contributed by atoms with E-state index in [0.717, 1.165) is 13.1 Å². The molecule has 3 N–H and O–H groups in total. The molecular formula is C30H37N3O2. The lowest BCUT2D eigenvalue weighted by atomic mass is 9.84. The standard InChI is InChI=1S/C30H37N3O2/c31-24-18-28(33(20-24)19-21-8-2-1-3-9-21)30(35)32-29(34)17-16-27-25-12-6-4-10-22(25)14-15-23-11-5-7-13-26(23)27/h4-7,10-15,21,24,27-28H,1-3,8-9,16-20,31H2,(H,32,34,35)/t24-,28+/m1/s1. The number of hydrogen-bond acceptors (Lipinski definition) is 4. The molecule has 3 aliphatic rings. The van der Waals surface area contributed by atoms with Gasteiger partial charge in [-0.05, 0) is 53.9 Å². The summed E-state index contributed by atoms with van der Waals surface area (Å²) in [6, 6.07) is 16.5. The summed E-state index contributed by atoms with van der Waals surface area (Å²) >= 11 is 0. The molecule has 2 atom stereocenters. The summed E-state index contributed by atoms with van der Waals surface area (Å²) in [4.78, 5) is 28.3. The van der Waals surface area contributed by atoms with Crippen LogP contribution in [0.3, 0.4) is 0 Å². The third-order valence-corrected chi connectivity index (χ3v) is 8.06. The minimum atomic E-state index is -0.292. The maximum absolute atomic E-state index is 13.1. The van der Waals surface area contributed by atoms with Gasteiger partial charge in [0.1, 0.15) is 0 Å². The summed E-state index contributed by atoms with van der Waals surface area (Å²) in [6.45, 7) is 1.66. The fourth-order valence-corrected chi connectivity index (χ4v) is 6.29. The fourth-order valence-electron chi connectivity index (χ4n) is 6.29. The second-order valence-corrected chi connectivity index (χ2v) is 10.6. The summed E-state index contributed by atoms with van der Waals surface area (Å²) in [6.07, 6.45) is 12.2. The van der Waals surface area contributed by atoms with Crippen LogP contribution in [0.15, 0.2) is 48.5 Å². The summed E-state index contributed by atoms with van der Waals surface area (Å²) < 4.78 is 0. The van der Waals surface area contributed by atoms with Gasteiger partial charge in [0, 0.05) is 31.5 Å². The fraction of sp³-hybridized carbons (Fsp3) is 0.467. The van der Waals surface area contributed by atoms with Gasteiger partial charge in [-0.1, -0.05) is 79.9 Å². The van der Waals surface area contributed by atoms with E-state index in [1.807, 2.05) is 12.1 Å². The summed E-state index contributed by atoms with van der Waals surface area (Å²) in [5, 5.41) is 2.72. The van der Waals surface area contributed by atoms with E-state index in [0.29, 0.717) is 25.2 Å². The topological polar surface area (TPSA) is 75.4 Å². The lowest BCUT2D eigenvalue weighted by Gasteiger charge is -2.30. The number of nitrogens with two attached hydrogens (primary N) is 1. The predicted octanol–water partition coefficient (Wildman–Crippen LogP) is 4.71. The minimum absolute atomic E-state index is 0.00376. The quantitative estimate of drug-likeness (QED) is 0.640. The van der Waals surface area contributed by atoms with Crippen LogP contribution in [0.5, 0.6) is 0 Å². The number of nitrogens with zero attached hydrogens (tertiary/aromatic N) is 1. The first kappa shape index (κ1) is 24.0. The van der Waals surface area contributed by atoms with E-state index >= 15 is 0 Å². The highest BCUT2D eigenvalue weighted by Crippen LogP contribution is 2.37. The molecule has 0 bridgehead atoms. The van der Waals surface area contributed by atoms with Gasteiger partial charge in [0.15, 0.2) is 0 Å². The number of nitrogens with one attached hydrogen (secondary N) is 1. The SMILES string of the molecule is N[C@@H]1C[C@@H](C(=O)NC(=O)CCC2c3ccccc3C=Cc3ccccc32)N(CC2CCCCC2)C1. The highest BCUT2D eigenvalue weighted by atomic mass is 16.2. The normalized spacial score (nSPS) is 22.9. The second kappa shape index (κ2) is 10.9. The number of amides is 2. The Balaban J connectivity index is 1.23. The number of likely N-dealkylation sites (tertiary alicyclic amines) is 1. The van der Waals surface area contributed by atoms with E-state index in [4.69, 9.17) is 5.73 Å². The van der Waals surface area contributed by atoms with Crippen LogP contribution >= 0.6 is 0 Å². The van der Waals surface area contributed by atoms with Gasteiger partial charge in [-0.2, -0.15) is 0 Å². The largest absolute Gasteiger partial charge is 0.326 e. The predicted molar refractivity (Wildman–Crippen MR) is 141 cm³/mol. The Labute approximate surface area is 208 Å². The van der Waals surface area contributed by atoms with Crippen molar-refractivity contribution < 1.29 is 9.59 Å². The Bertz CT molecular complexity index is 1040. The average Bonchev–Trinajstić information content (AvgIpc) is 3.16. The van der Waals surface area contributed by atoms with Gasteiger partial charge in [-0.25, -0.2) is 0 Å². The van der Waals surface area contributed by atoms with Crippen molar-refractivity contribution >= 4 is 24.0 Å². The van der Waals surface area contributed by atoms with E-state index in [9.17, 15) is 9.59 Å². The van der Waals surface area contributed by atoms with Crippen LogP contribution < -0.4 is 11.1 Å². The van der Waals surface area contributed by atoms with E-state index in [1.54, 1.807) is 0 Å². The van der Waals surface area contributed by atoms with Crippen molar-refractivity contribution in [2.24, 2.45) is 11.7 Å². The highest BCUT2D eigenvalue weighted by molar-refractivity contribution is 5.98. The Hall–Kier alpha value is -2.76. The smallest absolute Gasteiger partial charge is 0.243 e. The van der Waals surface area contributed by atoms with E-state index in [1.165, 1.54) is 54.4 Å². The third-order valence-electron chi connectivity index (χ3n) is 8.06. The van der Waals surface area contributed by atoms with Gasteiger partial charge in [-0.3, -0.25) is 19.8 Å². The van der Waals surface area contributed by atoms with Gasteiger partial charge in [-0.15, -0.1) is 0 Å². The molecular weight excluding hydrogens is 434 g/mol. The lowest BCUT2D eigenvalue weighted by Crippen LogP contribution is -2.46. The van der Waals surface area contributed by atoms with Gasteiger partial charge in [0.05, 0.1) is 6.04 Å². The zero-order valence-electron chi connectivity index (χ0n) is 20.5. The second-order valence-electron chi connectivity index (χ2n) is 10.6. The molecule has 2 amide bonds. The molecule has 1 saturated carbocycles. The molecule has 1 heterocycles. The summed E-state index contributed by atoms with van der Waals surface area (Å²) in [5.74, 6) is 0.382. The monoisotopic (exact) mass is 471 g/mol. The molecule has 5 heteroatoms. The van der Waals surface area contributed by atoms with Crippen molar-refractivity contribution in [2.45, 2.75) is 69.4 Å². The molecule has 0 radical (unpaired) electrons. The molecule has 1 aliphatic heterocycles. The minimum Gasteiger partial charge on any atom is -0.326 e. The zero-order valence-corrected chi connectivity index (χ0v) is 20.5. The van der Waals surface area contributed by atoms with Gasteiger partial charge in [0.25, 0.3) is 0 Å². The first-order valence-corrected chi connectivity index (χ1v) is 13.3. The number of benzene rings is 2. The Morgan fingerprint density at radius 2 is 1.54 bits per heavy atom. The van der Waals surface area contributed by atoms with Crippen LogP contribution in [-0.4, -0.2) is 41.9 Å². The molecule has 5 rings (SSSR count). The molecule has 0 aromatic heterocycles. The molecule has 2 aromatic rings. The van der Waals surface area contributed by atoms with Crippen molar-refractivity contribution in [1.82, 2.24) is 10.2 Å². The van der Waals surface area contributed by atoms with Crippen LogP contribution in [0.2, 0.25) is 0 Å². The number of rotatable bonds is 6. The summed E-state index contributed by atoms with van der Waals surface area (Å²) in [5.41, 5.74) is 11.1. The maximum Gasteiger partial charge on any atom is 0.243 e. The van der Waals surface area contributed by atoms with E-state index in [-0.39, 0.29) is 29.8 Å². The molecule has 2 aromatic carbocycles. The van der Waals surface area contributed by atoms with Crippen molar-refractivity contribution in [3.63, 3.8) is 0 Å². The number of fused-ring (bicyclic) bond motifs is 2. The van der Waals surface area contributed by atoms with Gasteiger partial charge in [0.2, 0.25) is 11.8 Å². The Morgan fingerprint density at radius 1 is 0.914 bits per heavy atom. The van der Waals surface area contributed by atoms with Crippen LogP contribution in [-0.2, 0) is 9.59 Å². The van der Waals surface area contributed by atoms with E-state index in [2.05, 4.69) is 58.8 Å². The van der Waals surface area contributed by atoms with E-state index < -0.39 is 0 Å². The third kappa shape index (κ3) is 5.57. The van der Waals surface area contributed by atoms with Crippen molar-refractivity contribution in [2.75, 3.05) is 13.1 Å². The molecule has 2 aliphatic carbocycles. The van der Waals surface area contributed by atoms with Crippen LogP contribution in [0.1, 0.15) is 79.5 Å². The van der Waals surface area contributed by atoms with Crippen LogP contribution in [0.4, 0.5) is 0 Å². The number of hydrogen-bond donors (Lipinski definition) is 2. The maximum atomic E-state index is 13.1. The first-order chi connectivity index (χ1) is 17.1. The highest BCUT2D eigenvalue weighted by Gasteiger charge is 2.37. The Kier molecular flexibility index (Phi) is 7.45. The number of carbonyl (C=O) groups is 2. The van der Waals surface area contributed by atoms with Crippen LogP contribution in [0, 0.1) is 5.92 Å². The average molecular weight is 472 g/mol. The first-order valence-electron chi connectivity index (χ1n) is 13.3.